The van der Waals surface area contributed by atoms with Crippen molar-refractivity contribution in [2.75, 3.05) is 0 Å². The van der Waals surface area contributed by atoms with Crippen LogP contribution >= 0.6 is 0 Å². The molecule has 0 aromatic carbocycles. The third kappa shape index (κ3) is 2.53. The van der Waals surface area contributed by atoms with E-state index in [1.165, 1.54) is 0 Å². The van der Waals surface area contributed by atoms with E-state index >= 15 is 0 Å². The first-order valence-corrected chi connectivity index (χ1v) is 8.12. The quantitative estimate of drug-likeness (QED) is 0.864. The average Bonchev–Trinajstić information content (AvgIpc) is 2.87. The van der Waals surface area contributed by atoms with Crippen LogP contribution in [0.15, 0.2) is 6.20 Å². The smallest absolute Gasteiger partial charge is 0.342 e. The Morgan fingerprint density at radius 3 is 2.55 bits per heavy atom. The van der Waals surface area contributed by atoms with E-state index in [4.69, 9.17) is 4.74 Å². The van der Waals surface area contributed by atoms with Gasteiger partial charge in [-0.05, 0) is 50.0 Å². The summed E-state index contributed by atoms with van der Waals surface area (Å²) in [6.45, 7) is 10.4. The van der Waals surface area contributed by atoms with Crippen molar-refractivity contribution < 1.29 is 9.53 Å². The molecule has 2 atom stereocenters. The molecule has 1 fully saturated rings. The Morgan fingerprint density at radius 2 is 1.91 bits per heavy atom. The van der Waals surface area contributed by atoms with Gasteiger partial charge >= 0.3 is 5.97 Å². The second kappa shape index (κ2) is 5.45. The van der Waals surface area contributed by atoms with Crippen LogP contribution in [-0.2, 0) is 4.74 Å². The minimum Gasteiger partial charge on any atom is -0.458 e. The summed E-state index contributed by atoms with van der Waals surface area (Å²) >= 11 is 0. The molecule has 1 aliphatic rings. The number of nitrogens with zero attached hydrogens (tertiary/aromatic N) is 2. The number of esters is 1. The second-order valence-corrected chi connectivity index (χ2v) is 7.09. The van der Waals surface area contributed by atoms with Gasteiger partial charge in [-0.15, -0.1) is 0 Å². The molecular formula is C17H25N3O2. The van der Waals surface area contributed by atoms with Gasteiger partial charge in [-0.1, -0.05) is 20.8 Å². The molecule has 120 valence electrons. The van der Waals surface area contributed by atoms with E-state index in [-0.39, 0.29) is 12.1 Å². The highest BCUT2D eigenvalue weighted by atomic mass is 16.5. The van der Waals surface area contributed by atoms with E-state index in [0.717, 1.165) is 24.2 Å². The Hall–Kier alpha value is -1.78. The lowest BCUT2D eigenvalue weighted by molar-refractivity contribution is -0.0251. The van der Waals surface area contributed by atoms with Crippen LogP contribution in [0.25, 0.3) is 5.65 Å². The third-order valence-electron chi connectivity index (χ3n) is 4.84. The summed E-state index contributed by atoms with van der Waals surface area (Å²) < 4.78 is 7.69. The first-order chi connectivity index (χ1) is 10.4. The largest absolute Gasteiger partial charge is 0.458 e. The molecule has 0 aliphatic heterocycles. The fourth-order valence-corrected chi connectivity index (χ4v) is 4.03. The first-order valence-electron chi connectivity index (χ1n) is 8.12. The highest BCUT2D eigenvalue weighted by Gasteiger charge is 2.35. The highest BCUT2D eigenvalue weighted by Crippen LogP contribution is 2.35. The number of carbonyl (C=O) groups excluding carboxylic acids is 1. The molecule has 0 amide bonds. The lowest BCUT2D eigenvalue weighted by Crippen LogP contribution is -2.37. The van der Waals surface area contributed by atoms with Gasteiger partial charge in [0, 0.05) is 6.20 Å². The van der Waals surface area contributed by atoms with Gasteiger partial charge in [-0.2, -0.15) is 0 Å². The summed E-state index contributed by atoms with van der Waals surface area (Å²) in [5.41, 5.74) is 2.14. The van der Waals surface area contributed by atoms with Crippen LogP contribution in [0, 0.1) is 31.6 Å². The fourth-order valence-electron chi connectivity index (χ4n) is 4.03. The van der Waals surface area contributed by atoms with E-state index in [2.05, 4.69) is 30.9 Å². The van der Waals surface area contributed by atoms with Crippen molar-refractivity contribution in [2.24, 2.45) is 17.8 Å². The van der Waals surface area contributed by atoms with Crippen molar-refractivity contribution in [1.29, 1.82) is 0 Å². The Kier molecular flexibility index (Phi) is 3.75. The minimum atomic E-state index is -0.246. The summed E-state index contributed by atoms with van der Waals surface area (Å²) in [4.78, 5) is 17.1. The normalized spacial score (nSPS) is 29.0. The van der Waals surface area contributed by atoms with Crippen molar-refractivity contribution in [1.82, 2.24) is 14.6 Å². The zero-order chi connectivity index (χ0) is 16.0. The number of aryl methyl sites for hydroxylation is 2. The first kappa shape index (κ1) is 15.1. The van der Waals surface area contributed by atoms with Crippen LogP contribution in [0.2, 0.25) is 0 Å². The number of rotatable bonds is 2. The Morgan fingerprint density at radius 1 is 1.27 bits per heavy atom. The van der Waals surface area contributed by atoms with Crippen molar-refractivity contribution in [3.63, 3.8) is 0 Å². The molecular weight excluding hydrogens is 278 g/mol. The number of hydrogen-bond donors (Lipinski definition) is 1. The summed E-state index contributed by atoms with van der Waals surface area (Å²) in [6, 6.07) is 0. The molecule has 2 aromatic rings. The Bertz CT molecular complexity index is 688. The molecule has 0 spiro atoms. The zero-order valence-corrected chi connectivity index (χ0v) is 14.0. The molecule has 0 saturated heterocycles. The highest BCUT2D eigenvalue weighted by molar-refractivity contribution is 5.97. The molecule has 2 heterocycles. The summed E-state index contributed by atoms with van der Waals surface area (Å²) in [5, 5.41) is 3.10. The Balaban J connectivity index is 1.85. The summed E-state index contributed by atoms with van der Waals surface area (Å²) in [6.07, 6.45) is 4.13. The Labute approximate surface area is 131 Å². The molecule has 3 rings (SSSR count). The maximum absolute atomic E-state index is 12.7. The molecule has 0 radical (unpaired) electrons. The maximum Gasteiger partial charge on any atom is 0.342 e. The van der Waals surface area contributed by atoms with Gasteiger partial charge in [-0.25, -0.2) is 14.3 Å². The van der Waals surface area contributed by atoms with Crippen molar-refractivity contribution >= 4 is 11.6 Å². The third-order valence-corrected chi connectivity index (χ3v) is 4.84. The van der Waals surface area contributed by atoms with E-state index in [1.54, 1.807) is 4.52 Å². The average molecular weight is 303 g/mol. The van der Waals surface area contributed by atoms with Gasteiger partial charge in [0.1, 0.15) is 17.5 Å². The van der Waals surface area contributed by atoms with Crippen LogP contribution in [-0.4, -0.2) is 26.7 Å². The topological polar surface area (TPSA) is 59.4 Å². The van der Waals surface area contributed by atoms with E-state index in [0.29, 0.717) is 29.0 Å². The van der Waals surface area contributed by atoms with Gasteiger partial charge in [0.15, 0.2) is 5.65 Å². The van der Waals surface area contributed by atoms with Gasteiger partial charge in [0.05, 0.1) is 0 Å². The number of fused-ring (bicyclic) bond motifs is 1. The number of aromatic nitrogens is 3. The van der Waals surface area contributed by atoms with Crippen molar-refractivity contribution in [3.05, 3.63) is 23.1 Å². The SMILES string of the molecule is Cc1nc2c(C(=O)OC3C(C)CC(C)CC3C)c(C)cn2[nH]1. The van der Waals surface area contributed by atoms with E-state index < -0.39 is 0 Å². The summed E-state index contributed by atoms with van der Waals surface area (Å²) in [7, 11) is 0. The standard InChI is InChI=1S/C17H25N3O2/c1-9-6-10(2)15(11(3)7-9)22-17(21)14-12(4)8-20-16(14)18-13(5)19-20/h8-11,15H,6-7H2,1-5H3,(H,18,19). The van der Waals surface area contributed by atoms with Gasteiger partial charge in [-0.3, -0.25) is 5.10 Å². The predicted molar refractivity (Wildman–Crippen MR) is 84.9 cm³/mol. The minimum absolute atomic E-state index is 0.00177. The monoisotopic (exact) mass is 303 g/mol. The molecule has 5 nitrogen and oxygen atoms in total. The van der Waals surface area contributed by atoms with E-state index in [1.807, 2.05) is 20.0 Å². The van der Waals surface area contributed by atoms with Crippen LogP contribution in [0.1, 0.15) is 55.4 Å². The second-order valence-electron chi connectivity index (χ2n) is 7.09. The number of ether oxygens (including phenoxy) is 1. The summed E-state index contributed by atoms with van der Waals surface area (Å²) in [5.74, 6) is 2.06. The molecule has 2 unspecified atom stereocenters. The van der Waals surface area contributed by atoms with E-state index in [9.17, 15) is 4.79 Å². The lowest BCUT2D eigenvalue weighted by atomic mass is 9.75. The molecule has 5 heteroatoms. The number of H-pyrrole nitrogens is 1. The van der Waals surface area contributed by atoms with Crippen LogP contribution in [0.4, 0.5) is 0 Å². The van der Waals surface area contributed by atoms with Crippen LogP contribution < -0.4 is 0 Å². The number of aromatic amines is 1. The molecule has 0 bridgehead atoms. The number of carbonyl (C=O) groups is 1. The lowest BCUT2D eigenvalue weighted by Gasteiger charge is -2.37. The van der Waals surface area contributed by atoms with Gasteiger partial charge in [0.25, 0.3) is 0 Å². The number of hydrogen-bond acceptors (Lipinski definition) is 3. The molecule has 1 N–H and O–H groups in total. The molecule has 1 aliphatic carbocycles. The predicted octanol–water partition coefficient (Wildman–Crippen LogP) is 3.51. The molecule has 1 saturated carbocycles. The zero-order valence-electron chi connectivity index (χ0n) is 14.0. The fraction of sp³-hybridized carbons (Fsp3) is 0.647. The maximum atomic E-state index is 12.7. The van der Waals surface area contributed by atoms with Gasteiger partial charge in [0.2, 0.25) is 0 Å². The van der Waals surface area contributed by atoms with Crippen molar-refractivity contribution in [2.45, 2.75) is 53.6 Å². The number of nitrogens with one attached hydrogen (secondary N) is 1. The molecule has 22 heavy (non-hydrogen) atoms. The molecule has 2 aromatic heterocycles. The van der Waals surface area contributed by atoms with Crippen molar-refractivity contribution in [3.8, 4) is 0 Å². The van der Waals surface area contributed by atoms with Crippen LogP contribution in [0.3, 0.4) is 0 Å². The van der Waals surface area contributed by atoms with Crippen LogP contribution in [0.5, 0.6) is 0 Å². The van der Waals surface area contributed by atoms with Gasteiger partial charge < -0.3 is 4.74 Å².